The van der Waals surface area contributed by atoms with E-state index in [1.165, 1.54) is 0 Å². The maximum atomic E-state index is 12.5. The van der Waals surface area contributed by atoms with Crippen molar-refractivity contribution in [3.8, 4) is 0 Å². The molecular weight excluding hydrogens is 306 g/mol. The molecule has 98 valence electrons. The van der Waals surface area contributed by atoms with Crippen LogP contribution in [0.4, 0.5) is 5.69 Å². The van der Waals surface area contributed by atoms with Crippen LogP contribution in [0.15, 0.2) is 40.1 Å². The molecule has 0 aromatic heterocycles. The standard InChI is InChI=1S/C14H14BrN3O/c1-9-8-16-13-14(19)18(7-6-17(9)13)12-5-3-4-11(15)10(12)2/h3-7,9H,8H2,1-2H3. The predicted octanol–water partition coefficient (Wildman–Crippen LogP) is 2.68. The Balaban J connectivity index is 2.03. The first kappa shape index (κ1) is 12.4. The summed E-state index contributed by atoms with van der Waals surface area (Å²) in [5.74, 6) is 0.474. The van der Waals surface area contributed by atoms with E-state index in [9.17, 15) is 4.79 Å². The first-order valence-electron chi connectivity index (χ1n) is 6.19. The molecule has 0 saturated carbocycles. The minimum Gasteiger partial charge on any atom is -0.323 e. The van der Waals surface area contributed by atoms with E-state index in [1.807, 2.05) is 42.4 Å². The Labute approximate surface area is 120 Å². The molecule has 1 aromatic carbocycles. The zero-order chi connectivity index (χ0) is 13.6. The average Bonchev–Trinajstić information content (AvgIpc) is 2.77. The van der Waals surface area contributed by atoms with Crippen molar-refractivity contribution in [1.29, 1.82) is 0 Å². The van der Waals surface area contributed by atoms with E-state index in [2.05, 4.69) is 27.8 Å². The summed E-state index contributed by atoms with van der Waals surface area (Å²) in [7, 11) is 0. The van der Waals surface area contributed by atoms with Gasteiger partial charge in [-0.15, -0.1) is 0 Å². The SMILES string of the molecule is Cc1c(Br)cccc1N1C=CN2C(=NCC2C)C1=O. The first-order chi connectivity index (χ1) is 9.09. The predicted molar refractivity (Wildman–Crippen MR) is 79.1 cm³/mol. The quantitative estimate of drug-likeness (QED) is 0.798. The van der Waals surface area contributed by atoms with Crippen LogP contribution in [0.2, 0.25) is 0 Å². The van der Waals surface area contributed by atoms with Crippen LogP contribution in [-0.2, 0) is 4.79 Å². The second-order valence-corrected chi connectivity index (χ2v) is 5.63. The largest absolute Gasteiger partial charge is 0.323 e. The fraction of sp³-hybridized carbons (Fsp3) is 0.286. The number of benzene rings is 1. The van der Waals surface area contributed by atoms with Gasteiger partial charge in [0.25, 0.3) is 5.91 Å². The van der Waals surface area contributed by atoms with Crippen molar-refractivity contribution in [3.63, 3.8) is 0 Å². The number of amides is 1. The molecule has 1 amide bonds. The van der Waals surface area contributed by atoms with E-state index < -0.39 is 0 Å². The number of anilines is 1. The zero-order valence-electron chi connectivity index (χ0n) is 10.8. The van der Waals surface area contributed by atoms with E-state index in [0.717, 1.165) is 15.7 Å². The summed E-state index contributed by atoms with van der Waals surface area (Å²) in [5, 5.41) is 0. The second-order valence-electron chi connectivity index (χ2n) is 4.78. The maximum absolute atomic E-state index is 12.5. The van der Waals surface area contributed by atoms with Crippen molar-refractivity contribution in [2.45, 2.75) is 19.9 Å². The van der Waals surface area contributed by atoms with Crippen molar-refractivity contribution >= 4 is 33.4 Å². The number of carbonyl (C=O) groups is 1. The van der Waals surface area contributed by atoms with Crippen LogP contribution in [0.3, 0.4) is 0 Å². The van der Waals surface area contributed by atoms with Gasteiger partial charge in [0, 0.05) is 16.9 Å². The number of fused-ring (bicyclic) bond motifs is 1. The van der Waals surface area contributed by atoms with Crippen LogP contribution in [0.1, 0.15) is 12.5 Å². The molecule has 0 N–H and O–H groups in total. The van der Waals surface area contributed by atoms with Crippen molar-refractivity contribution in [2.75, 3.05) is 11.4 Å². The highest BCUT2D eigenvalue weighted by Gasteiger charge is 2.34. The summed E-state index contributed by atoms with van der Waals surface area (Å²) < 4.78 is 0.996. The molecule has 0 fully saturated rings. The highest BCUT2D eigenvalue weighted by molar-refractivity contribution is 9.10. The molecule has 0 spiro atoms. The maximum Gasteiger partial charge on any atom is 0.298 e. The Hall–Kier alpha value is -1.62. The third kappa shape index (κ3) is 1.89. The summed E-state index contributed by atoms with van der Waals surface area (Å²) in [6.45, 7) is 4.73. The number of aliphatic imine (C=N–C) groups is 1. The lowest BCUT2D eigenvalue weighted by Gasteiger charge is -2.30. The Morgan fingerprint density at radius 3 is 2.95 bits per heavy atom. The molecular formula is C14H14BrN3O. The highest BCUT2D eigenvalue weighted by Crippen LogP contribution is 2.29. The Bertz CT molecular complexity index is 609. The molecule has 0 saturated heterocycles. The van der Waals surface area contributed by atoms with Crippen LogP contribution in [-0.4, -0.2) is 29.2 Å². The van der Waals surface area contributed by atoms with Gasteiger partial charge in [0.15, 0.2) is 5.84 Å². The Morgan fingerprint density at radius 1 is 1.37 bits per heavy atom. The van der Waals surface area contributed by atoms with E-state index in [4.69, 9.17) is 0 Å². The van der Waals surface area contributed by atoms with E-state index >= 15 is 0 Å². The second kappa shape index (κ2) is 4.49. The number of hydrogen-bond acceptors (Lipinski definition) is 3. The van der Waals surface area contributed by atoms with E-state index in [-0.39, 0.29) is 11.9 Å². The summed E-state index contributed by atoms with van der Waals surface area (Å²) in [5.41, 5.74) is 1.93. The highest BCUT2D eigenvalue weighted by atomic mass is 79.9. The van der Waals surface area contributed by atoms with Gasteiger partial charge in [-0.1, -0.05) is 22.0 Å². The van der Waals surface area contributed by atoms with Gasteiger partial charge in [-0.3, -0.25) is 14.7 Å². The van der Waals surface area contributed by atoms with Gasteiger partial charge >= 0.3 is 0 Å². The van der Waals surface area contributed by atoms with E-state index in [0.29, 0.717) is 12.4 Å². The molecule has 3 rings (SSSR count). The molecule has 5 heteroatoms. The lowest BCUT2D eigenvalue weighted by atomic mass is 10.1. The fourth-order valence-electron chi connectivity index (χ4n) is 2.35. The minimum atomic E-state index is -0.0620. The summed E-state index contributed by atoms with van der Waals surface area (Å²) >= 11 is 3.50. The first-order valence-corrected chi connectivity index (χ1v) is 6.98. The monoisotopic (exact) mass is 319 g/mol. The molecule has 0 aliphatic carbocycles. The van der Waals surface area contributed by atoms with Crippen LogP contribution < -0.4 is 4.90 Å². The molecule has 1 atom stereocenters. The van der Waals surface area contributed by atoms with Gasteiger partial charge < -0.3 is 4.90 Å². The van der Waals surface area contributed by atoms with Gasteiger partial charge in [0.1, 0.15) is 0 Å². The van der Waals surface area contributed by atoms with Crippen molar-refractivity contribution in [2.24, 2.45) is 4.99 Å². The minimum absolute atomic E-state index is 0.0620. The van der Waals surface area contributed by atoms with Gasteiger partial charge in [-0.2, -0.15) is 0 Å². The fourth-order valence-corrected chi connectivity index (χ4v) is 2.71. The number of halogens is 1. The number of carbonyl (C=O) groups excluding carboxylic acids is 1. The Kier molecular flexibility index (Phi) is 2.93. The van der Waals surface area contributed by atoms with Gasteiger partial charge in [0.2, 0.25) is 0 Å². The zero-order valence-corrected chi connectivity index (χ0v) is 12.4. The van der Waals surface area contributed by atoms with Gasteiger partial charge in [0.05, 0.1) is 18.3 Å². The number of hydrogen-bond donors (Lipinski definition) is 0. The molecule has 0 bridgehead atoms. The molecule has 1 unspecified atom stereocenters. The van der Waals surface area contributed by atoms with Gasteiger partial charge in [-0.05, 0) is 31.5 Å². The topological polar surface area (TPSA) is 35.9 Å². The summed E-state index contributed by atoms with van der Waals surface area (Å²) in [4.78, 5) is 20.4. The van der Waals surface area contributed by atoms with Crippen LogP contribution >= 0.6 is 15.9 Å². The molecule has 2 aliphatic rings. The lowest BCUT2D eigenvalue weighted by molar-refractivity contribution is -0.112. The number of rotatable bonds is 1. The van der Waals surface area contributed by atoms with Crippen molar-refractivity contribution < 1.29 is 4.79 Å². The Morgan fingerprint density at radius 2 is 2.16 bits per heavy atom. The van der Waals surface area contributed by atoms with Crippen molar-refractivity contribution in [1.82, 2.24) is 4.90 Å². The smallest absolute Gasteiger partial charge is 0.298 e. The van der Waals surface area contributed by atoms with Crippen molar-refractivity contribution in [3.05, 3.63) is 40.6 Å². The molecule has 2 aliphatic heterocycles. The van der Waals surface area contributed by atoms with Crippen LogP contribution in [0, 0.1) is 6.92 Å². The summed E-state index contributed by atoms with van der Waals surface area (Å²) in [6, 6.07) is 6.11. The lowest BCUT2D eigenvalue weighted by Crippen LogP contribution is -2.45. The third-order valence-corrected chi connectivity index (χ3v) is 4.37. The van der Waals surface area contributed by atoms with E-state index in [1.54, 1.807) is 4.90 Å². The molecule has 19 heavy (non-hydrogen) atoms. The third-order valence-electron chi connectivity index (χ3n) is 3.51. The number of amidine groups is 1. The average molecular weight is 320 g/mol. The van der Waals surface area contributed by atoms with Crippen LogP contribution in [0.25, 0.3) is 0 Å². The summed E-state index contributed by atoms with van der Waals surface area (Å²) in [6.07, 6.45) is 3.75. The van der Waals surface area contributed by atoms with Gasteiger partial charge in [-0.25, -0.2) is 0 Å². The molecule has 4 nitrogen and oxygen atoms in total. The molecule has 2 heterocycles. The van der Waals surface area contributed by atoms with Crippen LogP contribution in [0.5, 0.6) is 0 Å². The molecule has 1 aromatic rings. The molecule has 0 radical (unpaired) electrons. The number of nitrogens with zero attached hydrogens (tertiary/aromatic N) is 3. The normalized spacial score (nSPS) is 21.7.